The van der Waals surface area contributed by atoms with Crippen LogP contribution in [0.5, 0.6) is 0 Å². The molecule has 0 heterocycles. The van der Waals surface area contributed by atoms with Crippen molar-refractivity contribution in [2.24, 2.45) is 5.41 Å². The third-order valence-corrected chi connectivity index (χ3v) is 4.23. The molecule has 2 nitrogen and oxygen atoms in total. The summed E-state index contributed by atoms with van der Waals surface area (Å²) in [4.78, 5) is 2.19. The zero-order valence-corrected chi connectivity index (χ0v) is 12.1. The van der Waals surface area contributed by atoms with Crippen molar-refractivity contribution in [1.29, 1.82) is 0 Å². The highest BCUT2D eigenvalue weighted by molar-refractivity contribution is 5.16. The molecule has 1 saturated carbocycles. The number of nitrogens with zero attached hydrogens (tertiary/aromatic N) is 1. The molecule has 3 heteroatoms. The zero-order valence-electron chi connectivity index (χ0n) is 12.1. The molecule has 0 spiro atoms. The molecule has 0 bridgehead atoms. The predicted molar refractivity (Wildman–Crippen MR) is 75.3 cm³/mol. The van der Waals surface area contributed by atoms with Gasteiger partial charge in [0.05, 0.1) is 6.10 Å². The van der Waals surface area contributed by atoms with E-state index in [-0.39, 0.29) is 18.0 Å². The van der Waals surface area contributed by atoms with E-state index in [0.717, 1.165) is 31.4 Å². The van der Waals surface area contributed by atoms with Crippen molar-refractivity contribution >= 4 is 0 Å². The van der Waals surface area contributed by atoms with E-state index in [0.29, 0.717) is 5.41 Å². The Balaban J connectivity index is 2.02. The van der Waals surface area contributed by atoms with Crippen LogP contribution in [0, 0.1) is 11.2 Å². The zero-order chi connectivity index (χ0) is 14.0. The van der Waals surface area contributed by atoms with Gasteiger partial charge < -0.3 is 5.11 Å². The quantitative estimate of drug-likeness (QED) is 0.907. The van der Waals surface area contributed by atoms with E-state index in [4.69, 9.17) is 0 Å². The molecule has 1 aromatic carbocycles. The number of halogens is 1. The summed E-state index contributed by atoms with van der Waals surface area (Å²) in [6.45, 7) is 5.27. The molecule has 2 unspecified atom stereocenters. The van der Waals surface area contributed by atoms with Gasteiger partial charge in [-0.15, -0.1) is 0 Å². The average molecular weight is 265 g/mol. The van der Waals surface area contributed by atoms with Crippen LogP contribution in [-0.4, -0.2) is 29.2 Å². The van der Waals surface area contributed by atoms with E-state index < -0.39 is 0 Å². The largest absolute Gasteiger partial charge is 0.391 e. The monoisotopic (exact) mass is 265 g/mol. The van der Waals surface area contributed by atoms with Gasteiger partial charge in [-0.25, -0.2) is 4.39 Å². The summed E-state index contributed by atoms with van der Waals surface area (Å²) >= 11 is 0. The van der Waals surface area contributed by atoms with E-state index in [1.165, 1.54) is 12.1 Å². The second-order valence-corrected chi connectivity index (χ2v) is 6.58. The van der Waals surface area contributed by atoms with Crippen LogP contribution in [0.4, 0.5) is 4.39 Å². The van der Waals surface area contributed by atoms with Crippen LogP contribution in [0.25, 0.3) is 0 Å². The number of benzene rings is 1. The second kappa shape index (κ2) is 5.59. The first-order valence-electron chi connectivity index (χ1n) is 7.00. The molecule has 19 heavy (non-hydrogen) atoms. The number of hydrogen-bond donors (Lipinski definition) is 1. The third-order valence-electron chi connectivity index (χ3n) is 4.23. The van der Waals surface area contributed by atoms with Gasteiger partial charge in [0.15, 0.2) is 0 Å². The Kier molecular flexibility index (Phi) is 4.26. The summed E-state index contributed by atoms with van der Waals surface area (Å²) in [6, 6.07) is 6.79. The van der Waals surface area contributed by atoms with Crippen molar-refractivity contribution in [3.8, 4) is 0 Å². The number of likely N-dealkylation sites (N-methyl/N-ethyl adjacent to an activating group) is 1. The van der Waals surface area contributed by atoms with Crippen molar-refractivity contribution in [2.75, 3.05) is 7.05 Å². The Morgan fingerprint density at radius 1 is 1.32 bits per heavy atom. The van der Waals surface area contributed by atoms with Crippen LogP contribution in [0.15, 0.2) is 24.3 Å². The van der Waals surface area contributed by atoms with Crippen molar-refractivity contribution in [1.82, 2.24) is 4.90 Å². The lowest BCUT2D eigenvalue weighted by molar-refractivity contribution is -0.0102. The van der Waals surface area contributed by atoms with Crippen LogP contribution in [-0.2, 0) is 6.54 Å². The summed E-state index contributed by atoms with van der Waals surface area (Å²) in [5.41, 5.74) is 1.38. The van der Waals surface area contributed by atoms with E-state index in [1.807, 2.05) is 19.2 Å². The van der Waals surface area contributed by atoms with Crippen LogP contribution in [0.1, 0.15) is 38.7 Å². The minimum Gasteiger partial charge on any atom is -0.391 e. The van der Waals surface area contributed by atoms with Gasteiger partial charge in [-0.2, -0.15) is 0 Å². The highest BCUT2D eigenvalue weighted by Crippen LogP contribution is 2.37. The fraction of sp³-hybridized carbons (Fsp3) is 0.625. The van der Waals surface area contributed by atoms with Gasteiger partial charge in [-0.05, 0) is 49.4 Å². The maximum Gasteiger partial charge on any atom is 0.123 e. The number of aliphatic hydroxyl groups is 1. The van der Waals surface area contributed by atoms with Gasteiger partial charge in [0.2, 0.25) is 0 Å². The Hall–Kier alpha value is -0.930. The Bertz CT molecular complexity index is 415. The Morgan fingerprint density at radius 2 is 1.95 bits per heavy atom. The lowest BCUT2D eigenvalue weighted by Crippen LogP contribution is -2.47. The molecular formula is C16H24FNO. The highest BCUT2D eigenvalue weighted by Gasteiger charge is 2.35. The molecule has 2 rings (SSSR count). The van der Waals surface area contributed by atoms with Crippen LogP contribution < -0.4 is 0 Å². The van der Waals surface area contributed by atoms with E-state index in [9.17, 15) is 9.50 Å². The van der Waals surface area contributed by atoms with Gasteiger partial charge in [0.1, 0.15) is 5.82 Å². The predicted octanol–water partition coefficient (Wildman–Crippen LogP) is 3.20. The van der Waals surface area contributed by atoms with Gasteiger partial charge >= 0.3 is 0 Å². The van der Waals surface area contributed by atoms with Crippen molar-refractivity contribution in [3.05, 3.63) is 35.6 Å². The minimum atomic E-state index is -0.251. The molecule has 106 valence electrons. The second-order valence-electron chi connectivity index (χ2n) is 6.58. The lowest BCUT2D eigenvalue weighted by Gasteiger charge is -2.42. The third kappa shape index (κ3) is 3.77. The fourth-order valence-electron chi connectivity index (χ4n) is 2.98. The summed E-state index contributed by atoms with van der Waals surface area (Å²) in [5, 5.41) is 10.2. The van der Waals surface area contributed by atoms with E-state index in [1.54, 1.807) is 0 Å². The maximum atomic E-state index is 12.9. The van der Waals surface area contributed by atoms with E-state index in [2.05, 4.69) is 18.7 Å². The normalized spacial score (nSPS) is 26.6. The fourth-order valence-corrected chi connectivity index (χ4v) is 2.98. The molecule has 0 saturated heterocycles. The van der Waals surface area contributed by atoms with Crippen molar-refractivity contribution in [3.63, 3.8) is 0 Å². The van der Waals surface area contributed by atoms with Gasteiger partial charge in [0.25, 0.3) is 0 Å². The first kappa shape index (κ1) is 14.5. The van der Waals surface area contributed by atoms with Gasteiger partial charge in [-0.3, -0.25) is 4.90 Å². The molecule has 1 aliphatic carbocycles. The molecule has 0 aromatic heterocycles. The van der Waals surface area contributed by atoms with Crippen LogP contribution in [0.2, 0.25) is 0 Å². The molecule has 2 atom stereocenters. The molecule has 0 aliphatic heterocycles. The van der Waals surface area contributed by atoms with E-state index >= 15 is 0 Å². The minimum absolute atomic E-state index is 0.189. The molecule has 1 fully saturated rings. The molecule has 1 N–H and O–H groups in total. The lowest BCUT2D eigenvalue weighted by atomic mass is 9.73. The van der Waals surface area contributed by atoms with Gasteiger partial charge in [0, 0.05) is 12.6 Å². The smallest absolute Gasteiger partial charge is 0.123 e. The summed E-state index contributed by atoms with van der Waals surface area (Å²) in [5.74, 6) is -0.203. The standard InChI is InChI=1S/C16H24FNO/c1-16(2)9-8-15(19)14(10-16)18(3)11-12-4-6-13(17)7-5-12/h4-7,14-15,19H,8-11H2,1-3H3. The summed E-state index contributed by atoms with van der Waals surface area (Å²) in [7, 11) is 2.04. The topological polar surface area (TPSA) is 23.5 Å². The summed E-state index contributed by atoms with van der Waals surface area (Å²) in [6.07, 6.45) is 2.70. The molecule has 0 amide bonds. The first-order valence-corrected chi connectivity index (χ1v) is 7.00. The van der Waals surface area contributed by atoms with Crippen molar-refractivity contribution in [2.45, 2.75) is 51.8 Å². The van der Waals surface area contributed by atoms with Crippen molar-refractivity contribution < 1.29 is 9.50 Å². The molecule has 1 aliphatic rings. The number of hydrogen-bond acceptors (Lipinski definition) is 2. The average Bonchev–Trinajstić information content (AvgIpc) is 2.35. The number of rotatable bonds is 3. The molecule has 1 aromatic rings. The highest BCUT2D eigenvalue weighted by atomic mass is 19.1. The van der Waals surface area contributed by atoms with Crippen LogP contribution >= 0.6 is 0 Å². The maximum absolute atomic E-state index is 12.9. The SMILES string of the molecule is CN(Cc1ccc(F)cc1)C1CC(C)(C)CCC1O. The number of aliphatic hydroxyl groups excluding tert-OH is 1. The Morgan fingerprint density at radius 3 is 2.58 bits per heavy atom. The first-order chi connectivity index (χ1) is 8.87. The summed E-state index contributed by atoms with van der Waals surface area (Å²) < 4.78 is 12.9. The molecular weight excluding hydrogens is 241 g/mol. The Labute approximate surface area is 115 Å². The van der Waals surface area contributed by atoms with Crippen LogP contribution in [0.3, 0.4) is 0 Å². The molecule has 0 radical (unpaired) electrons. The van der Waals surface area contributed by atoms with Gasteiger partial charge in [-0.1, -0.05) is 26.0 Å².